The molecular weight excluding hydrogens is 300 g/mol. The summed E-state index contributed by atoms with van der Waals surface area (Å²) in [6, 6.07) is 12.1. The smallest absolute Gasteiger partial charge is 0.177 e. The highest BCUT2D eigenvalue weighted by Gasteiger charge is 2.06. The van der Waals surface area contributed by atoms with Crippen molar-refractivity contribution in [1.82, 2.24) is 0 Å². The van der Waals surface area contributed by atoms with Crippen LogP contribution in [0.4, 0.5) is 0 Å². The highest BCUT2D eigenvalue weighted by Crippen LogP contribution is 2.27. The van der Waals surface area contributed by atoms with Gasteiger partial charge in [0.2, 0.25) is 0 Å². The maximum absolute atomic E-state index is 11.5. The van der Waals surface area contributed by atoms with Gasteiger partial charge in [0.25, 0.3) is 0 Å². The summed E-state index contributed by atoms with van der Waals surface area (Å²) in [7, 11) is 0. The Morgan fingerprint density at radius 2 is 1.62 bits per heavy atom. The molecule has 0 bridgehead atoms. The number of carbonyl (C=O) groups is 1. The molecule has 0 fully saturated rings. The van der Waals surface area contributed by atoms with Gasteiger partial charge >= 0.3 is 0 Å². The predicted molar refractivity (Wildman–Crippen MR) is 91.7 cm³/mol. The molecule has 110 valence electrons. The lowest BCUT2D eigenvalue weighted by Crippen LogP contribution is -1.99. The van der Waals surface area contributed by atoms with Crippen molar-refractivity contribution < 1.29 is 4.79 Å². The number of rotatable bonds is 5. The van der Waals surface area contributed by atoms with Gasteiger partial charge in [-0.3, -0.25) is 4.79 Å². The quantitative estimate of drug-likeness (QED) is 0.421. The Morgan fingerprint density at radius 3 is 2.14 bits per heavy atom. The van der Waals surface area contributed by atoms with Crippen molar-refractivity contribution in [2.24, 2.45) is 0 Å². The molecule has 21 heavy (non-hydrogen) atoms. The van der Waals surface area contributed by atoms with Crippen molar-refractivity contribution in [3.8, 4) is 0 Å². The number of carbonyl (C=O) groups excluding carboxylic acids is 1. The average molecular weight is 319 g/mol. The van der Waals surface area contributed by atoms with Crippen molar-refractivity contribution in [2.45, 2.75) is 31.4 Å². The molecule has 2 rings (SSSR count). The Bertz CT molecular complexity index is 624. The zero-order valence-electron chi connectivity index (χ0n) is 12.6. The maximum Gasteiger partial charge on any atom is 0.177 e. The SMILES string of the molecule is Cc1cc(C)c(CSc2ccc(C(=O)CCl)cc2)c(C)c1. The number of hydrogen-bond donors (Lipinski definition) is 0. The molecule has 0 aliphatic rings. The molecule has 0 aliphatic heterocycles. The number of Topliss-reactive ketones (excluding diaryl/α,β-unsaturated/α-hetero) is 1. The molecule has 0 atom stereocenters. The van der Waals surface area contributed by atoms with E-state index in [4.69, 9.17) is 11.6 Å². The second-order valence-corrected chi connectivity index (χ2v) is 6.56. The highest BCUT2D eigenvalue weighted by atomic mass is 35.5. The number of halogens is 1. The topological polar surface area (TPSA) is 17.1 Å². The molecule has 0 unspecified atom stereocenters. The summed E-state index contributed by atoms with van der Waals surface area (Å²) >= 11 is 7.35. The van der Waals surface area contributed by atoms with E-state index in [2.05, 4.69) is 32.9 Å². The van der Waals surface area contributed by atoms with Crippen LogP contribution in [0.15, 0.2) is 41.3 Å². The van der Waals surface area contributed by atoms with Crippen molar-refractivity contribution in [2.75, 3.05) is 5.88 Å². The third-order valence-corrected chi connectivity index (χ3v) is 4.80. The summed E-state index contributed by atoms with van der Waals surface area (Å²) in [6.07, 6.45) is 0. The lowest BCUT2D eigenvalue weighted by atomic mass is 10.0. The van der Waals surface area contributed by atoms with Crippen LogP contribution >= 0.6 is 23.4 Å². The minimum absolute atomic E-state index is 0.0292. The molecule has 0 aliphatic carbocycles. The minimum atomic E-state index is -0.0292. The van der Waals surface area contributed by atoms with E-state index in [1.165, 1.54) is 27.1 Å². The number of thioether (sulfide) groups is 1. The van der Waals surface area contributed by atoms with Gasteiger partial charge in [-0.2, -0.15) is 0 Å². The van der Waals surface area contributed by atoms with Gasteiger partial charge in [0.05, 0.1) is 5.88 Å². The largest absolute Gasteiger partial charge is 0.293 e. The second kappa shape index (κ2) is 7.15. The van der Waals surface area contributed by atoms with Gasteiger partial charge in [-0.1, -0.05) is 29.8 Å². The first-order chi connectivity index (χ1) is 10.0. The first-order valence-electron chi connectivity index (χ1n) is 6.90. The van der Waals surface area contributed by atoms with E-state index in [0.717, 1.165) is 5.75 Å². The van der Waals surface area contributed by atoms with Gasteiger partial charge < -0.3 is 0 Å². The lowest BCUT2D eigenvalue weighted by molar-refractivity contribution is 0.102. The standard InChI is InChI=1S/C18H19ClOS/c1-12-8-13(2)17(14(3)9-12)11-21-16-6-4-15(5-7-16)18(20)10-19/h4-9H,10-11H2,1-3H3. The Balaban J connectivity index is 2.08. The molecule has 2 aromatic rings. The van der Waals surface area contributed by atoms with Gasteiger partial charge in [-0.25, -0.2) is 0 Å². The van der Waals surface area contributed by atoms with Crippen molar-refractivity contribution in [3.63, 3.8) is 0 Å². The van der Waals surface area contributed by atoms with Crippen molar-refractivity contribution >= 4 is 29.1 Å². The zero-order valence-corrected chi connectivity index (χ0v) is 14.1. The fourth-order valence-electron chi connectivity index (χ4n) is 2.41. The maximum atomic E-state index is 11.5. The second-order valence-electron chi connectivity index (χ2n) is 5.25. The highest BCUT2D eigenvalue weighted by molar-refractivity contribution is 7.98. The number of alkyl halides is 1. The number of benzene rings is 2. The number of hydrogen-bond acceptors (Lipinski definition) is 2. The first-order valence-corrected chi connectivity index (χ1v) is 8.42. The summed E-state index contributed by atoms with van der Waals surface area (Å²) in [6.45, 7) is 6.46. The molecule has 0 spiro atoms. The Labute approximate surface area is 135 Å². The fraction of sp³-hybridized carbons (Fsp3) is 0.278. The van der Waals surface area contributed by atoms with Gasteiger partial charge in [0.1, 0.15) is 0 Å². The van der Waals surface area contributed by atoms with Crippen molar-refractivity contribution in [3.05, 3.63) is 64.2 Å². The predicted octanol–water partition coefficient (Wildman–Crippen LogP) is 5.33. The molecule has 3 heteroatoms. The van der Waals surface area contributed by atoms with Crippen LogP contribution in [0.5, 0.6) is 0 Å². The summed E-state index contributed by atoms with van der Waals surface area (Å²) in [5.74, 6) is 0.952. The van der Waals surface area contributed by atoms with Gasteiger partial charge in [0.15, 0.2) is 5.78 Å². The molecule has 0 saturated carbocycles. The van der Waals surface area contributed by atoms with Crippen LogP contribution in [0.25, 0.3) is 0 Å². The van der Waals surface area contributed by atoms with E-state index >= 15 is 0 Å². The molecule has 0 heterocycles. The summed E-state index contributed by atoms with van der Waals surface area (Å²) in [5.41, 5.74) is 6.06. The van der Waals surface area contributed by atoms with Crippen LogP contribution in [0.2, 0.25) is 0 Å². The molecule has 0 radical (unpaired) electrons. The summed E-state index contributed by atoms with van der Waals surface area (Å²) in [4.78, 5) is 12.7. The van der Waals surface area contributed by atoms with Crippen LogP contribution in [0.1, 0.15) is 32.6 Å². The van der Waals surface area contributed by atoms with Crippen LogP contribution in [0, 0.1) is 20.8 Å². The Hall–Kier alpha value is -1.25. The molecule has 0 aromatic heterocycles. The van der Waals surface area contributed by atoms with Crippen LogP contribution in [0.3, 0.4) is 0 Å². The lowest BCUT2D eigenvalue weighted by Gasteiger charge is -2.11. The van der Waals surface area contributed by atoms with Crippen LogP contribution in [-0.2, 0) is 5.75 Å². The third kappa shape index (κ3) is 4.12. The van der Waals surface area contributed by atoms with E-state index in [9.17, 15) is 4.79 Å². The van der Waals surface area contributed by atoms with Gasteiger partial charge in [-0.15, -0.1) is 23.4 Å². The Morgan fingerprint density at radius 1 is 1.05 bits per heavy atom. The van der Waals surface area contributed by atoms with Gasteiger partial charge in [0, 0.05) is 16.2 Å². The van der Waals surface area contributed by atoms with Crippen LogP contribution in [-0.4, -0.2) is 11.7 Å². The molecule has 0 N–H and O–H groups in total. The minimum Gasteiger partial charge on any atom is -0.293 e. The zero-order chi connectivity index (χ0) is 15.4. The third-order valence-electron chi connectivity index (χ3n) is 3.52. The molecule has 2 aromatic carbocycles. The van der Waals surface area contributed by atoms with E-state index < -0.39 is 0 Å². The summed E-state index contributed by atoms with van der Waals surface area (Å²) in [5, 5.41) is 0. The van der Waals surface area contributed by atoms with Crippen LogP contribution < -0.4 is 0 Å². The van der Waals surface area contributed by atoms with E-state index in [0.29, 0.717) is 5.56 Å². The van der Waals surface area contributed by atoms with E-state index in [1.807, 2.05) is 24.3 Å². The summed E-state index contributed by atoms with van der Waals surface area (Å²) < 4.78 is 0. The van der Waals surface area contributed by atoms with Gasteiger partial charge in [-0.05, 0) is 49.6 Å². The monoisotopic (exact) mass is 318 g/mol. The Kier molecular flexibility index (Phi) is 5.49. The molecule has 0 amide bonds. The average Bonchev–Trinajstić information content (AvgIpc) is 2.46. The van der Waals surface area contributed by atoms with E-state index in [1.54, 1.807) is 11.8 Å². The van der Waals surface area contributed by atoms with E-state index in [-0.39, 0.29) is 11.7 Å². The number of aryl methyl sites for hydroxylation is 3. The number of ketones is 1. The normalized spacial score (nSPS) is 10.7. The fourth-order valence-corrected chi connectivity index (χ4v) is 3.66. The molecule has 1 nitrogen and oxygen atoms in total. The molecule has 0 saturated heterocycles. The van der Waals surface area contributed by atoms with Crippen molar-refractivity contribution in [1.29, 1.82) is 0 Å². The first kappa shape index (κ1) is 16.1. The molecular formula is C18H19ClOS.